The molecule has 2 fully saturated rings. The Hall–Kier alpha value is -1.26. The minimum Gasteiger partial charge on any atom is -0.453 e. The number of oxime groups is 1. The van der Waals surface area contributed by atoms with Crippen molar-refractivity contribution in [3.63, 3.8) is 0 Å². The molecule has 5 nitrogen and oxygen atoms in total. The van der Waals surface area contributed by atoms with E-state index in [2.05, 4.69) is 5.16 Å². The second kappa shape index (κ2) is 2.87. The Morgan fingerprint density at radius 3 is 3.20 bits per heavy atom. The van der Waals surface area contributed by atoms with Crippen LogP contribution in [0.15, 0.2) is 5.16 Å². The number of carbonyl (C=O) groups excluding carboxylic acids is 1. The van der Waals surface area contributed by atoms with Crippen molar-refractivity contribution in [3.05, 3.63) is 0 Å². The van der Waals surface area contributed by atoms with Gasteiger partial charge in [0, 0.05) is 18.5 Å². The summed E-state index contributed by atoms with van der Waals surface area (Å²) in [6.07, 6.45) is 1.01. The van der Waals surface area contributed by atoms with E-state index in [-0.39, 0.29) is 18.2 Å². The Balaban J connectivity index is 1.85. The number of carbonyl (C=O) groups is 1. The quantitative estimate of drug-likeness (QED) is 0.595. The van der Waals surface area contributed by atoms with Crippen LogP contribution in [0.25, 0.3) is 0 Å². The van der Waals surface area contributed by atoms with E-state index in [9.17, 15) is 4.79 Å². The van der Waals surface area contributed by atoms with E-state index in [1.54, 1.807) is 0 Å². The van der Waals surface area contributed by atoms with E-state index in [1.807, 2.05) is 11.8 Å². The maximum atomic E-state index is 11.5. The molecular weight excluding hydrogens is 196 g/mol. The van der Waals surface area contributed by atoms with Gasteiger partial charge in [0.1, 0.15) is 6.10 Å². The van der Waals surface area contributed by atoms with E-state index >= 15 is 0 Å². The molecular formula is C10H14N2O3. The minimum absolute atomic E-state index is 0.205. The molecule has 0 aromatic carbocycles. The molecule has 0 aromatic rings. The van der Waals surface area contributed by atoms with Crippen LogP contribution in [0.1, 0.15) is 13.3 Å². The highest BCUT2D eigenvalue weighted by molar-refractivity contribution is 5.87. The number of amides is 1. The van der Waals surface area contributed by atoms with Gasteiger partial charge in [-0.3, -0.25) is 0 Å². The van der Waals surface area contributed by atoms with Crippen LogP contribution in [0.5, 0.6) is 0 Å². The number of hydrogen-bond donors (Lipinski definition) is 0. The monoisotopic (exact) mass is 210 g/mol. The molecule has 1 saturated heterocycles. The van der Waals surface area contributed by atoms with Crippen LogP contribution in [0.4, 0.5) is 4.79 Å². The number of methoxy groups -OCH3 is 1. The summed E-state index contributed by atoms with van der Waals surface area (Å²) in [4.78, 5) is 18.7. The maximum Gasteiger partial charge on any atom is 0.409 e. The van der Waals surface area contributed by atoms with Crippen molar-refractivity contribution in [1.29, 1.82) is 0 Å². The number of piperidine rings is 1. The number of ether oxygens (including phenoxy) is 1. The molecule has 2 aliphatic heterocycles. The number of likely N-dealkylation sites (tertiary alicyclic amines) is 1. The van der Waals surface area contributed by atoms with Crippen LogP contribution in [0.3, 0.4) is 0 Å². The lowest BCUT2D eigenvalue weighted by Gasteiger charge is -2.32. The van der Waals surface area contributed by atoms with Crippen LogP contribution in [-0.4, -0.2) is 42.5 Å². The summed E-state index contributed by atoms with van der Waals surface area (Å²) in [7, 11) is 1.43. The molecule has 5 heteroatoms. The number of rotatable bonds is 0. The molecule has 1 aliphatic carbocycles. The van der Waals surface area contributed by atoms with Gasteiger partial charge < -0.3 is 14.5 Å². The normalized spacial score (nSPS) is 41.2. The summed E-state index contributed by atoms with van der Waals surface area (Å²) < 4.78 is 4.78. The topological polar surface area (TPSA) is 51.1 Å². The molecule has 2 bridgehead atoms. The molecule has 1 amide bonds. The van der Waals surface area contributed by atoms with E-state index < -0.39 is 0 Å². The number of fused-ring (bicyclic) bond motifs is 5. The third-order valence-corrected chi connectivity index (χ3v) is 3.82. The van der Waals surface area contributed by atoms with Gasteiger partial charge in [-0.15, -0.1) is 0 Å². The molecule has 2 heterocycles. The highest BCUT2D eigenvalue weighted by atomic mass is 16.6. The molecule has 3 aliphatic rings. The molecule has 3 rings (SSSR count). The van der Waals surface area contributed by atoms with E-state index in [0.29, 0.717) is 11.8 Å². The first-order chi connectivity index (χ1) is 7.22. The number of hydrogen-bond acceptors (Lipinski definition) is 4. The van der Waals surface area contributed by atoms with Gasteiger partial charge in [0.2, 0.25) is 0 Å². The van der Waals surface area contributed by atoms with Crippen molar-refractivity contribution in [3.8, 4) is 0 Å². The molecule has 4 unspecified atom stereocenters. The molecule has 15 heavy (non-hydrogen) atoms. The Bertz CT molecular complexity index is 342. The standard InChI is InChI=1S/C10H14N2O3/c1-5-8-7-3-6(9(8)15-11-5)4-12(7)10(13)14-2/h6-9H,3-4H2,1-2H3. The van der Waals surface area contributed by atoms with E-state index in [1.165, 1.54) is 7.11 Å². The van der Waals surface area contributed by atoms with Crippen molar-refractivity contribution in [2.45, 2.75) is 25.5 Å². The zero-order valence-corrected chi connectivity index (χ0v) is 8.84. The summed E-state index contributed by atoms with van der Waals surface area (Å²) in [5.74, 6) is 0.725. The molecule has 0 N–H and O–H groups in total. The van der Waals surface area contributed by atoms with E-state index in [0.717, 1.165) is 18.7 Å². The Labute approximate surface area is 88.0 Å². The van der Waals surface area contributed by atoms with Gasteiger partial charge >= 0.3 is 6.09 Å². The maximum absolute atomic E-state index is 11.5. The third-order valence-electron chi connectivity index (χ3n) is 3.82. The molecule has 0 aromatic heterocycles. The molecule has 1 saturated carbocycles. The van der Waals surface area contributed by atoms with Crippen LogP contribution in [0.2, 0.25) is 0 Å². The van der Waals surface area contributed by atoms with Gasteiger partial charge in [-0.2, -0.15) is 0 Å². The summed E-state index contributed by atoms with van der Waals surface area (Å²) in [6.45, 7) is 2.72. The fourth-order valence-corrected chi connectivity index (χ4v) is 3.19. The van der Waals surface area contributed by atoms with Gasteiger partial charge in [-0.25, -0.2) is 4.79 Å². The largest absolute Gasteiger partial charge is 0.453 e. The number of nitrogens with zero attached hydrogens (tertiary/aromatic N) is 2. The Morgan fingerprint density at radius 1 is 1.67 bits per heavy atom. The van der Waals surface area contributed by atoms with Crippen LogP contribution in [0, 0.1) is 11.8 Å². The highest BCUT2D eigenvalue weighted by Crippen LogP contribution is 2.46. The first kappa shape index (κ1) is 9.00. The summed E-state index contributed by atoms with van der Waals surface area (Å²) in [5, 5.41) is 4.02. The van der Waals surface area contributed by atoms with Crippen molar-refractivity contribution < 1.29 is 14.4 Å². The lowest BCUT2D eigenvalue weighted by Crippen LogP contribution is -2.48. The zero-order valence-electron chi connectivity index (χ0n) is 8.84. The molecule has 0 spiro atoms. The van der Waals surface area contributed by atoms with Crippen LogP contribution < -0.4 is 0 Å². The highest BCUT2D eigenvalue weighted by Gasteiger charge is 2.58. The third kappa shape index (κ3) is 1.03. The average molecular weight is 210 g/mol. The molecule has 4 atom stereocenters. The first-order valence-electron chi connectivity index (χ1n) is 5.27. The Morgan fingerprint density at radius 2 is 2.47 bits per heavy atom. The SMILES string of the molecule is COC(=O)N1CC2CC1C1C(C)=NOC21. The van der Waals surface area contributed by atoms with Gasteiger partial charge in [0.25, 0.3) is 0 Å². The van der Waals surface area contributed by atoms with Crippen molar-refractivity contribution in [1.82, 2.24) is 4.90 Å². The predicted molar refractivity (Wildman–Crippen MR) is 52.5 cm³/mol. The van der Waals surface area contributed by atoms with Crippen molar-refractivity contribution >= 4 is 11.8 Å². The molecule has 82 valence electrons. The first-order valence-corrected chi connectivity index (χ1v) is 5.27. The molecule has 0 radical (unpaired) electrons. The second-order valence-electron chi connectivity index (χ2n) is 4.51. The van der Waals surface area contributed by atoms with Crippen molar-refractivity contribution in [2.24, 2.45) is 17.0 Å². The summed E-state index contributed by atoms with van der Waals surface area (Å²) in [5.41, 5.74) is 1.01. The predicted octanol–water partition coefficient (Wildman–Crippen LogP) is 0.848. The Kier molecular flexibility index (Phi) is 1.72. The minimum atomic E-state index is -0.222. The lowest BCUT2D eigenvalue weighted by molar-refractivity contribution is 0.00732. The lowest BCUT2D eigenvalue weighted by atomic mass is 9.92. The van der Waals surface area contributed by atoms with Gasteiger partial charge in [0.15, 0.2) is 0 Å². The van der Waals surface area contributed by atoms with E-state index in [4.69, 9.17) is 9.57 Å². The van der Waals surface area contributed by atoms with Gasteiger partial charge in [-0.05, 0) is 13.3 Å². The van der Waals surface area contributed by atoms with Gasteiger partial charge in [-0.1, -0.05) is 5.16 Å². The van der Waals surface area contributed by atoms with Gasteiger partial charge in [0.05, 0.1) is 18.7 Å². The van der Waals surface area contributed by atoms with Crippen LogP contribution >= 0.6 is 0 Å². The fourth-order valence-electron chi connectivity index (χ4n) is 3.19. The smallest absolute Gasteiger partial charge is 0.409 e. The average Bonchev–Trinajstić information content (AvgIpc) is 2.88. The summed E-state index contributed by atoms with van der Waals surface area (Å²) >= 11 is 0. The zero-order chi connectivity index (χ0) is 10.6. The second-order valence-corrected chi connectivity index (χ2v) is 4.51. The van der Waals surface area contributed by atoms with Crippen LogP contribution in [-0.2, 0) is 9.57 Å². The summed E-state index contributed by atoms with van der Waals surface area (Å²) in [6, 6.07) is 0.235. The fraction of sp³-hybridized carbons (Fsp3) is 0.800. The van der Waals surface area contributed by atoms with Crippen molar-refractivity contribution in [2.75, 3.05) is 13.7 Å².